The highest BCUT2D eigenvalue weighted by Crippen LogP contribution is 2.24. The first-order valence-corrected chi connectivity index (χ1v) is 7.69. The van der Waals surface area contributed by atoms with Gasteiger partial charge in [0, 0.05) is 33.9 Å². The Bertz CT molecular complexity index is 943. The Labute approximate surface area is 143 Å². The van der Waals surface area contributed by atoms with E-state index in [1.807, 2.05) is 12.1 Å². The number of nitrogens with one attached hydrogen (secondary N) is 2. The second-order valence-electron chi connectivity index (χ2n) is 5.43. The highest BCUT2D eigenvalue weighted by molar-refractivity contribution is 6.31. The van der Waals surface area contributed by atoms with E-state index in [0.29, 0.717) is 10.7 Å². The third kappa shape index (κ3) is 3.34. The van der Waals surface area contributed by atoms with Gasteiger partial charge in [-0.1, -0.05) is 23.7 Å². The number of phenolic OH excluding ortho intramolecular Hbond substituents is 1. The highest BCUT2D eigenvalue weighted by atomic mass is 35.5. The zero-order chi connectivity index (χ0) is 17.1. The van der Waals surface area contributed by atoms with Gasteiger partial charge < -0.3 is 15.4 Å². The van der Waals surface area contributed by atoms with Gasteiger partial charge in [0.15, 0.2) is 0 Å². The van der Waals surface area contributed by atoms with Gasteiger partial charge in [0.05, 0.1) is 6.07 Å². The number of aromatic nitrogens is 1. The summed E-state index contributed by atoms with van der Waals surface area (Å²) in [5, 5.41) is 23.0. The molecule has 120 valence electrons. The second kappa shape index (κ2) is 6.65. The van der Waals surface area contributed by atoms with E-state index in [2.05, 4.69) is 10.3 Å². The highest BCUT2D eigenvalue weighted by Gasteiger charge is 2.20. The number of aromatic amines is 1. The third-order valence-electron chi connectivity index (χ3n) is 3.74. The molecular weight excluding hydrogens is 326 g/mol. The number of H-pyrrole nitrogens is 1. The number of phenols is 1. The summed E-state index contributed by atoms with van der Waals surface area (Å²) in [5.41, 5.74) is 2.19. The van der Waals surface area contributed by atoms with E-state index in [4.69, 9.17) is 11.6 Å². The van der Waals surface area contributed by atoms with Crippen LogP contribution in [0.2, 0.25) is 5.02 Å². The van der Waals surface area contributed by atoms with Crippen molar-refractivity contribution in [2.24, 2.45) is 5.92 Å². The first-order chi connectivity index (χ1) is 11.6. The van der Waals surface area contributed by atoms with E-state index >= 15 is 0 Å². The van der Waals surface area contributed by atoms with Crippen LogP contribution in [0.25, 0.3) is 10.9 Å². The van der Waals surface area contributed by atoms with E-state index in [1.165, 1.54) is 12.1 Å². The zero-order valence-electron chi connectivity index (χ0n) is 12.6. The van der Waals surface area contributed by atoms with Crippen LogP contribution in [-0.4, -0.2) is 16.0 Å². The Morgan fingerprint density at radius 1 is 1.33 bits per heavy atom. The standard InChI is InChI=1S/C18H14ClN3O2/c19-13-4-5-16-12(10-21-17(16)7-13)6-11(9-20)18(24)22-14-2-1-3-15(23)8-14/h1-5,7-8,10-11,21,23H,6H2,(H,22,24). The second-order valence-corrected chi connectivity index (χ2v) is 5.87. The van der Waals surface area contributed by atoms with Gasteiger partial charge in [0.25, 0.3) is 0 Å². The molecule has 3 aromatic rings. The quantitative estimate of drug-likeness (QED) is 0.674. The number of nitriles is 1. The number of rotatable bonds is 4. The maximum atomic E-state index is 12.3. The summed E-state index contributed by atoms with van der Waals surface area (Å²) in [4.78, 5) is 15.4. The van der Waals surface area contributed by atoms with E-state index in [1.54, 1.807) is 30.5 Å². The van der Waals surface area contributed by atoms with Crippen molar-refractivity contribution in [3.63, 3.8) is 0 Å². The van der Waals surface area contributed by atoms with Crippen molar-refractivity contribution in [3.8, 4) is 11.8 Å². The van der Waals surface area contributed by atoms with Gasteiger partial charge in [0.1, 0.15) is 11.7 Å². The fourth-order valence-corrected chi connectivity index (χ4v) is 2.73. The molecule has 6 heteroatoms. The van der Waals surface area contributed by atoms with Crippen molar-refractivity contribution < 1.29 is 9.90 Å². The van der Waals surface area contributed by atoms with Crippen molar-refractivity contribution in [2.45, 2.75) is 6.42 Å². The van der Waals surface area contributed by atoms with Gasteiger partial charge in [-0.3, -0.25) is 4.79 Å². The molecule has 0 bridgehead atoms. The fourth-order valence-electron chi connectivity index (χ4n) is 2.56. The van der Waals surface area contributed by atoms with Crippen molar-refractivity contribution in [1.29, 1.82) is 5.26 Å². The summed E-state index contributed by atoms with van der Waals surface area (Å²) in [5.74, 6) is -1.21. The van der Waals surface area contributed by atoms with Crippen LogP contribution in [0.15, 0.2) is 48.7 Å². The molecule has 0 aliphatic carbocycles. The Hall–Kier alpha value is -2.97. The van der Waals surface area contributed by atoms with E-state index in [-0.39, 0.29) is 12.2 Å². The van der Waals surface area contributed by atoms with Gasteiger partial charge in [-0.2, -0.15) is 5.26 Å². The molecule has 0 spiro atoms. The molecule has 0 aliphatic rings. The lowest BCUT2D eigenvalue weighted by molar-refractivity contribution is -0.118. The molecule has 0 radical (unpaired) electrons. The number of aromatic hydroxyl groups is 1. The number of carbonyl (C=O) groups is 1. The van der Waals surface area contributed by atoms with Gasteiger partial charge in [0.2, 0.25) is 5.91 Å². The number of halogens is 1. The van der Waals surface area contributed by atoms with Crippen LogP contribution >= 0.6 is 11.6 Å². The molecule has 5 nitrogen and oxygen atoms in total. The zero-order valence-corrected chi connectivity index (χ0v) is 13.3. The van der Waals surface area contributed by atoms with Crippen LogP contribution in [0.5, 0.6) is 5.75 Å². The topological polar surface area (TPSA) is 88.9 Å². The molecule has 3 N–H and O–H groups in total. The Morgan fingerprint density at radius 2 is 2.17 bits per heavy atom. The van der Waals surface area contributed by atoms with Crippen molar-refractivity contribution in [3.05, 3.63) is 59.2 Å². The third-order valence-corrected chi connectivity index (χ3v) is 3.97. The van der Waals surface area contributed by atoms with Crippen LogP contribution in [0.4, 0.5) is 5.69 Å². The lowest BCUT2D eigenvalue weighted by Gasteiger charge is -2.10. The number of anilines is 1. The number of carbonyl (C=O) groups excluding carboxylic acids is 1. The predicted octanol–water partition coefficient (Wildman–Crippen LogP) is 3.85. The average Bonchev–Trinajstić information content (AvgIpc) is 2.94. The lowest BCUT2D eigenvalue weighted by Crippen LogP contribution is -2.23. The molecule has 1 unspecified atom stereocenters. The summed E-state index contributed by atoms with van der Waals surface area (Å²) in [7, 11) is 0. The monoisotopic (exact) mass is 339 g/mol. The summed E-state index contributed by atoms with van der Waals surface area (Å²) in [6.07, 6.45) is 2.07. The summed E-state index contributed by atoms with van der Waals surface area (Å²) in [6.45, 7) is 0. The number of nitrogens with zero attached hydrogens (tertiary/aromatic N) is 1. The predicted molar refractivity (Wildman–Crippen MR) is 92.9 cm³/mol. The summed E-state index contributed by atoms with van der Waals surface area (Å²) in [6, 6.07) is 13.7. The fraction of sp³-hybridized carbons (Fsp3) is 0.111. The van der Waals surface area contributed by atoms with Crippen LogP contribution in [0.1, 0.15) is 5.56 Å². The van der Waals surface area contributed by atoms with E-state index in [9.17, 15) is 15.2 Å². The normalized spacial score (nSPS) is 11.8. The van der Waals surface area contributed by atoms with E-state index < -0.39 is 11.8 Å². The van der Waals surface area contributed by atoms with Crippen molar-refractivity contribution in [2.75, 3.05) is 5.32 Å². The molecule has 3 rings (SSSR count). The smallest absolute Gasteiger partial charge is 0.242 e. The van der Waals surface area contributed by atoms with Crippen LogP contribution in [-0.2, 0) is 11.2 Å². The molecule has 2 aromatic carbocycles. The number of fused-ring (bicyclic) bond motifs is 1. The lowest BCUT2D eigenvalue weighted by atomic mass is 9.99. The van der Waals surface area contributed by atoms with Crippen LogP contribution < -0.4 is 5.32 Å². The Morgan fingerprint density at radius 3 is 2.92 bits per heavy atom. The maximum absolute atomic E-state index is 12.3. The minimum Gasteiger partial charge on any atom is -0.508 e. The SMILES string of the molecule is N#CC(Cc1c[nH]c2cc(Cl)ccc12)C(=O)Nc1cccc(O)c1. The Balaban J connectivity index is 1.78. The van der Waals surface area contributed by atoms with Gasteiger partial charge in [-0.25, -0.2) is 0 Å². The number of benzene rings is 2. The molecule has 0 aliphatic heterocycles. The molecule has 1 aromatic heterocycles. The Kier molecular flexibility index (Phi) is 4.41. The maximum Gasteiger partial charge on any atom is 0.242 e. The van der Waals surface area contributed by atoms with Crippen molar-refractivity contribution >= 4 is 34.1 Å². The number of hydrogen-bond donors (Lipinski definition) is 3. The molecule has 24 heavy (non-hydrogen) atoms. The van der Waals surface area contributed by atoms with Gasteiger partial charge in [-0.15, -0.1) is 0 Å². The first-order valence-electron chi connectivity index (χ1n) is 7.32. The van der Waals surface area contributed by atoms with Crippen LogP contribution in [0.3, 0.4) is 0 Å². The van der Waals surface area contributed by atoms with Crippen LogP contribution in [0, 0.1) is 17.2 Å². The molecular formula is C18H14ClN3O2. The first kappa shape index (κ1) is 15.9. The van der Waals surface area contributed by atoms with Crippen molar-refractivity contribution in [1.82, 2.24) is 4.98 Å². The van der Waals surface area contributed by atoms with E-state index in [0.717, 1.165) is 16.5 Å². The molecule has 0 fully saturated rings. The molecule has 0 saturated heterocycles. The largest absolute Gasteiger partial charge is 0.508 e. The number of amides is 1. The molecule has 1 amide bonds. The minimum absolute atomic E-state index is 0.0508. The minimum atomic E-state index is -0.845. The molecule has 0 saturated carbocycles. The number of hydrogen-bond acceptors (Lipinski definition) is 3. The average molecular weight is 340 g/mol. The molecule has 1 heterocycles. The van der Waals surface area contributed by atoms with Gasteiger partial charge >= 0.3 is 0 Å². The molecule has 1 atom stereocenters. The summed E-state index contributed by atoms with van der Waals surface area (Å²) < 4.78 is 0. The van der Waals surface area contributed by atoms with Gasteiger partial charge in [-0.05, 0) is 36.2 Å². The summed E-state index contributed by atoms with van der Waals surface area (Å²) >= 11 is 5.96.